The maximum atomic E-state index is 12.7. The van der Waals surface area contributed by atoms with Crippen LogP contribution in [0.25, 0.3) is 11.2 Å². The lowest BCUT2D eigenvalue weighted by Gasteiger charge is -2.21. The standard InChI is InChI=1S/C13H18N6O2/c1-5-6-18-11(20)9-10(17(4)13(18)21)14-12-16-15-7(2)8(3)19(9)12/h8H,5-6H2,1-4H3,(H,14,16)/t8-/m0/s1. The third kappa shape index (κ3) is 1.75. The quantitative estimate of drug-likeness (QED) is 0.880. The fraction of sp³-hybridized carbons (Fsp3) is 0.538. The number of anilines is 1. The summed E-state index contributed by atoms with van der Waals surface area (Å²) >= 11 is 0. The average Bonchev–Trinajstić information content (AvgIpc) is 2.85. The maximum Gasteiger partial charge on any atom is 0.332 e. The van der Waals surface area contributed by atoms with Gasteiger partial charge in [0.05, 0.1) is 11.8 Å². The minimum atomic E-state index is -0.338. The SMILES string of the molecule is CCCn1c(=O)c2c(nc3n2[C@@H](C)C(C)=NN3)n(C)c1=O. The van der Waals surface area contributed by atoms with Crippen LogP contribution in [0.4, 0.5) is 5.95 Å². The lowest BCUT2D eigenvalue weighted by Crippen LogP contribution is -2.40. The summed E-state index contributed by atoms with van der Waals surface area (Å²) in [5.41, 5.74) is 3.89. The topological polar surface area (TPSA) is 86.2 Å². The van der Waals surface area contributed by atoms with Crippen molar-refractivity contribution >= 4 is 22.8 Å². The maximum absolute atomic E-state index is 12.7. The number of nitrogens with zero attached hydrogens (tertiary/aromatic N) is 5. The summed E-state index contributed by atoms with van der Waals surface area (Å²) in [6.45, 7) is 6.18. The van der Waals surface area contributed by atoms with Crippen LogP contribution in [-0.4, -0.2) is 24.4 Å². The van der Waals surface area contributed by atoms with E-state index in [4.69, 9.17) is 0 Å². The normalized spacial score (nSPS) is 17.5. The van der Waals surface area contributed by atoms with E-state index in [1.54, 1.807) is 7.05 Å². The first kappa shape index (κ1) is 13.6. The predicted molar refractivity (Wildman–Crippen MR) is 81.0 cm³/mol. The Morgan fingerprint density at radius 2 is 2.05 bits per heavy atom. The second kappa shape index (κ2) is 4.57. The lowest BCUT2D eigenvalue weighted by molar-refractivity contribution is 0.588. The van der Waals surface area contributed by atoms with Crippen molar-refractivity contribution in [1.29, 1.82) is 0 Å². The molecule has 1 aliphatic rings. The molecule has 8 heteroatoms. The van der Waals surface area contributed by atoms with E-state index in [0.717, 1.165) is 12.1 Å². The first-order chi connectivity index (χ1) is 9.97. The number of imidazole rings is 1. The highest BCUT2D eigenvalue weighted by Gasteiger charge is 2.26. The minimum Gasteiger partial charge on any atom is -0.294 e. The molecule has 1 atom stereocenters. The van der Waals surface area contributed by atoms with E-state index in [2.05, 4.69) is 15.5 Å². The Morgan fingerprint density at radius 3 is 2.71 bits per heavy atom. The predicted octanol–water partition coefficient (Wildman–Crippen LogP) is 0.669. The van der Waals surface area contributed by atoms with Gasteiger partial charge in [0, 0.05) is 13.6 Å². The molecule has 21 heavy (non-hydrogen) atoms. The molecule has 2 aromatic rings. The molecular weight excluding hydrogens is 272 g/mol. The fourth-order valence-corrected chi connectivity index (χ4v) is 2.63. The van der Waals surface area contributed by atoms with Crippen molar-refractivity contribution in [3.05, 3.63) is 20.8 Å². The molecule has 0 saturated carbocycles. The van der Waals surface area contributed by atoms with Gasteiger partial charge in [-0.3, -0.25) is 18.5 Å². The Labute approximate surface area is 120 Å². The molecular formula is C13H18N6O2. The van der Waals surface area contributed by atoms with Gasteiger partial charge in [-0.2, -0.15) is 10.1 Å². The van der Waals surface area contributed by atoms with Crippen molar-refractivity contribution in [2.24, 2.45) is 12.1 Å². The molecule has 1 N–H and O–H groups in total. The molecule has 0 amide bonds. The van der Waals surface area contributed by atoms with Crippen LogP contribution in [0.2, 0.25) is 0 Å². The molecule has 0 spiro atoms. The van der Waals surface area contributed by atoms with Crippen LogP contribution in [0.1, 0.15) is 33.2 Å². The number of rotatable bonds is 2. The van der Waals surface area contributed by atoms with E-state index in [1.807, 2.05) is 25.3 Å². The van der Waals surface area contributed by atoms with Crippen molar-refractivity contribution < 1.29 is 0 Å². The summed E-state index contributed by atoms with van der Waals surface area (Å²) in [4.78, 5) is 29.3. The molecule has 8 nitrogen and oxygen atoms in total. The Kier molecular flexibility index (Phi) is 2.96. The smallest absolute Gasteiger partial charge is 0.294 e. The van der Waals surface area contributed by atoms with Crippen LogP contribution >= 0.6 is 0 Å². The Balaban J connectivity index is 2.45. The highest BCUT2D eigenvalue weighted by atomic mass is 16.2. The van der Waals surface area contributed by atoms with Crippen molar-refractivity contribution in [2.45, 2.75) is 39.8 Å². The van der Waals surface area contributed by atoms with Gasteiger partial charge in [-0.25, -0.2) is 10.2 Å². The molecule has 0 aliphatic carbocycles. The second-order valence-corrected chi connectivity index (χ2v) is 5.32. The van der Waals surface area contributed by atoms with E-state index in [9.17, 15) is 9.59 Å². The largest absolute Gasteiger partial charge is 0.332 e. The summed E-state index contributed by atoms with van der Waals surface area (Å²) in [7, 11) is 1.63. The summed E-state index contributed by atoms with van der Waals surface area (Å²) in [6.07, 6.45) is 0.718. The molecule has 1 aliphatic heterocycles. The molecule has 0 saturated heterocycles. The van der Waals surface area contributed by atoms with Crippen LogP contribution in [0, 0.1) is 0 Å². The molecule has 0 bridgehead atoms. The van der Waals surface area contributed by atoms with Crippen LogP contribution in [0.3, 0.4) is 0 Å². The first-order valence-electron chi connectivity index (χ1n) is 6.99. The molecule has 3 rings (SSSR count). The summed E-state index contributed by atoms with van der Waals surface area (Å²) in [6, 6.07) is -0.0773. The van der Waals surface area contributed by atoms with Crippen LogP contribution in [0.5, 0.6) is 0 Å². The molecule has 0 unspecified atom stereocenters. The van der Waals surface area contributed by atoms with Crippen LogP contribution in [0.15, 0.2) is 14.7 Å². The number of fused-ring (bicyclic) bond motifs is 3. The van der Waals surface area contributed by atoms with E-state index >= 15 is 0 Å². The van der Waals surface area contributed by atoms with E-state index in [-0.39, 0.29) is 17.3 Å². The zero-order chi connectivity index (χ0) is 15.3. The average molecular weight is 290 g/mol. The van der Waals surface area contributed by atoms with Crippen LogP contribution in [-0.2, 0) is 13.6 Å². The molecule has 0 radical (unpaired) electrons. The van der Waals surface area contributed by atoms with Gasteiger partial charge in [0.25, 0.3) is 5.56 Å². The van der Waals surface area contributed by atoms with Crippen molar-refractivity contribution in [3.63, 3.8) is 0 Å². The van der Waals surface area contributed by atoms with Gasteiger partial charge in [-0.05, 0) is 20.3 Å². The van der Waals surface area contributed by atoms with Crippen LogP contribution < -0.4 is 16.7 Å². The molecule has 0 aromatic carbocycles. The monoisotopic (exact) mass is 290 g/mol. The third-order valence-corrected chi connectivity index (χ3v) is 3.95. The van der Waals surface area contributed by atoms with Gasteiger partial charge in [-0.15, -0.1) is 0 Å². The highest BCUT2D eigenvalue weighted by molar-refractivity contribution is 5.90. The first-order valence-corrected chi connectivity index (χ1v) is 6.99. The summed E-state index contributed by atoms with van der Waals surface area (Å²) in [5, 5.41) is 4.18. The van der Waals surface area contributed by atoms with Gasteiger partial charge >= 0.3 is 5.69 Å². The number of hydrazone groups is 1. The van der Waals surface area contributed by atoms with Gasteiger partial charge in [0.15, 0.2) is 11.2 Å². The minimum absolute atomic E-state index is 0.0773. The van der Waals surface area contributed by atoms with Gasteiger partial charge < -0.3 is 0 Å². The number of aromatic nitrogens is 4. The van der Waals surface area contributed by atoms with E-state index in [1.165, 1.54) is 9.13 Å². The zero-order valence-electron chi connectivity index (χ0n) is 12.5. The highest BCUT2D eigenvalue weighted by Crippen LogP contribution is 2.25. The van der Waals surface area contributed by atoms with Crippen molar-refractivity contribution in [2.75, 3.05) is 5.43 Å². The summed E-state index contributed by atoms with van der Waals surface area (Å²) in [5.74, 6) is 0.490. The number of aryl methyl sites for hydroxylation is 1. The lowest BCUT2D eigenvalue weighted by atomic mass is 10.2. The summed E-state index contributed by atoms with van der Waals surface area (Å²) < 4.78 is 4.50. The molecule has 2 aromatic heterocycles. The van der Waals surface area contributed by atoms with Gasteiger partial charge in [0.1, 0.15) is 0 Å². The van der Waals surface area contributed by atoms with Crippen molar-refractivity contribution in [3.8, 4) is 0 Å². The van der Waals surface area contributed by atoms with Gasteiger partial charge in [-0.1, -0.05) is 6.92 Å². The van der Waals surface area contributed by atoms with Crippen molar-refractivity contribution in [1.82, 2.24) is 18.7 Å². The number of hydrogen-bond donors (Lipinski definition) is 1. The molecule has 3 heterocycles. The Hall–Kier alpha value is -2.38. The number of nitrogens with one attached hydrogen (secondary N) is 1. The second-order valence-electron chi connectivity index (χ2n) is 5.32. The molecule has 112 valence electrons. The van der Waals surface area contributed by atoms with E-state index < -0.39 is 0 Å². The number of hydrogen-bond acceptors (Lipinski definition) is 5. The van der Waals surface area contributed by atoms with Gasteiger partial charge in [0.2, 0.25) is 5.95 Å². The fourth-order valence-electron chi connectivity index (χ4n) is 2.63. The molecule has 0 fully saturated rings. The Morgan fingerprint density at radius 1 is 1.33 bits per heavy atom. The third-order valence-electron chi connectivity index (χ3n) is 3.95. The zero-order valence-corrected chi connectivity index (χ0v) is 12.5. The Bertz CT molecular complexity index is 869. The van der Waals surface area contributed by atoms with E-state index in [0.29, 0.717) is 23.7 Å².